The molecule has 102 valence electrons. The highest BCUT2D eigenvalue weighted by Crippen LogP contribution is 2.36. The second kappa shape index (κ2) is 5.76. The predicted molar refractivity (Wildman–Crippen MR) is 52.2 cm³/mol. The molecular formula is C9H12F2N2O5. The lowest BCUT2D eigenvalue weighted by Crippen LogP contribution is -2.20. The van der Waals surface area contributed by atoms with Crippen molar-refractivity contribution >= 4 is 5.91 Å². The molecule has 0 aromatic heterocycles. The molecule has 1 aliphatic rings. The SMILES string of the molecule is CC(=O)NC/C=C1/OC(F)(F)O/C1=C/CN(O)O. The van der Waals surface area contributed by atoms with Crippen LogP contribution in [0.15, 0.2) is 23.7 Å². The van der Waals surface area contributed by atoms with Crippen LogP contribution in [0, 0.1) is 0 Å². The summed E-state index contributed by atoms with van der Waals surface area (Å²) in [5.74, 6) is -0.978. The van der Waals surface area contributed by atoms with Crippen molar-refractivity contribution < 1.29 is 33.5 Å². The van der Waals surface area contributed by atoms with E-state index < -0.39 is 12.8 Å². The van der Waals surface area contributed by atoms with Crippen LogP contribution in [0.1, 0.15) is 6.92 Å². The largest absolute Gasteiger partial charge is 0.586 e. The second-order valence-electron chi connectivity index (χ2n) is 3.30. The number of nitrogens with zero attached hydrogens (tertiary/aromatic N) is 1. The van der Waals surface area contributed by atoms with E-state index in [4.69, 9.17) is 10.4 Å². The minimum absolute atomic E-state index is 0.0244. The number of carbonyl (C=O) groups is 1. The molecule has 1 fully saturated rings. The van der Waals surface area contributed by atoms with Crippen LogP contribution in [0.3, 0.4) is 0 Å². The normalized spacial score (nSPS) is 22.1. The Hall–Kier alpha value is -1.71. The molecular weight excluding hydrogens is 254 g/mol. The van der Waals surface area contributed by atoms with Gasteiger partial charge in [-0.25, -0.2) is 0 Å². The Morgan fingerprint density at radius 2 is 1.94 bits per heavy atom. The summed E-state index contributed by atoms with van der Waals surface area (Å²) in [7, 11) is 0. The van der Waals surface area contributed by atoms with Crippen LogP contribution in [0.5, 0.6) is 0 Å². The number of carbonyl (C=O) groups excluding carboxylic acids is 1. The zero-order chi connectivity index (χ0) is 13.8. The van der Waals surface area contributed by atoms with E-state index in [2.05, 4.69) is 14.8 Å². The summed E-state index contributed by atoms with van der Waals surface area (Å²) in [6, 6.07) is 0. The van der Waals surface area contributed by atoms with Crippen molar-refractivity contribution in [3.63, 3.8) is 0 Å². The molecule has 1 saturated heterocycles. The topological polar surface area (TPSA) is 91.3 Å². The maximum atomic E-state index is 12.8. The van der Waals surface area contributed by atoms with Gasteiger partial charge >= 0.3 is 6.29 Å². The monoisotopic (exact) mass is 266 g/mol. The van der Waals surface area contributed by atoms with Crippen molar-refractivity contribution in [1.29, 1.82) is 0 Å². The third-order valence-electron chi connectivity index (χ3n) is 1.78. The Morgan fingerprint density at radius 3 is 2.44 bits per heavy atom. The molecule has 0 atom stereocenters. The molecule has 7 nitrogen and oxygen atoms in total. The molecule has 3 N–H and O–H groups in total. The van der Waals surface area contributed by atoms with Gasteiger partial charge in [0.05, 0.1) is 6.54 Å². The molecule has 1 aliphatic heterocycles. The summed E-state index contributed by atoms with van der Waals surface area (Å²) >= 11 is 0. The van der Waals surface area contributed by atoms with Gasteiger partial charge in [-0.05, 0) is 12.2 Å². The van der Waals surface area contributed by atoms with Crippen molar-refractivity contribution in [2.24, 2.45) is 0 Å². The lowest BCUT2D eigenvalue weighted by molar-refractivity contribution is -0.327. The Kier molecular flexibility index (Phi) is 4.59. The number of amides is 1. The highest BCUT2D eigenvalue weighted by Gasteiger charge is 2.45. The lowest BCUT2D eigenvalue weighted by atomic mass is 10.3. The van der Waals surface area contributed by atoms with Gasteiger partial charge in [0.15, 0.2) is 11.5 Å². The minimum atomic E-state index is -3.82. The lowest BCUT2D eigenvalue weighted by Gasteiger charge is -2.04. The van der Waals surface area contributed by atoms with E-state index in [0.717, 1.165) is 6.08 Å². The average molecular weight is 266 g/mol. The number of nitrogens with one attached hydrogen (secondary N) is 1. The molecule has 0 radical (unpaired) electrons. The van der Waals surface area contributed by atoms with Gasteiger partial charge in [0.25, 0.3) is 0 Å². The summed E-state index contributed by atoms with van der Waals surface area (Å²) in [6.07, 6.45) is -1.66. The number of hydroxylamine groups is 2. The van der Waals surface area contributed by atoms with E-state index in [1.165, 1.54) is 13.0 Å². The van der Waals surface area contributed by atoms with Gasteiger partial charge in [-0.15, -0.1) is 8.78 Å². The van der Waals surface area contributed by atoms with E-state index in [1.807, 2.05) is 0 Å². The number of hydrogen-bond donors (Lipinski definition) is 3. The van der Waals surface area contributed by atoms with Gasteiger partial charge < -0.3 is 14.8 Å². The molecule has 0 unspecified atom stereocenters. The van der Waals surface area contributed by atoms with Crippen LogP contribution in [0.2, 0.25) is 0 Å². The zero-order valence-electron chi connectivity index (χ0n) is 9.39. The number of hydrogen-bond acceptors (Lipinski definition) is 6. The number of alkyl halides is 2. The second-order valence-corrected chi connectivity index (χ2v) is 3.30. The van der Waals surface area contributed by atoms with Gasteiger partial charge in [0.1, 0.15) is 0 Å². The molecule has 1 amide bonds. The maximum absolute atomic E-state index is 12.8. The number of ether oxygens (including phenoxy) is 2. The fourth-order valence-corrected chi connectivity index (χ4v) is 1.11. The molecule has 0 spiro atoms. The first kappa shape index (κ1) is 14.4. The van der Waals surface area contributed by atoms with Crippen molar-refractivity contribution in [3.05, 3.63) is 23.7 Å². The van der Waals surface area contributed by atoms with Crippen molar-refractivity contribution in [1.82, 2.24) is 10.5 Å². The van der Waals surface area contributed by atoms with Crippen molar-refractivity contribution in [2.45, 2.75) is 13.2 Å². The highest BCUT2D eigenvalue weighted by atomic mass is 19.3. The smallest absolute Gasteiger partial charge is 0.396 e. The third kappa shape index (κ3) is 4.65. The van der Waals surface area contributed by atoms with Gasteiger partial charge in [0, 0.05) is 13.5 Å². The molecule has 0 saturated carbocycles. The summed E-state index contributed by atoms with van der Waals surface area (Å²) in [5, 5.41) is 19.1. The number of rotatable bonds is 4. The Morgan fingerprint density at radius 1 is 1.39 bits per heavy atom. The van der Waals surface area contributed by atoms with E-state index in [0.29, 0.717) is 0 Å². The maximum Gasteiger partial charge on any atom is 0.586 e. The van der Waals surface area contributed by atoms with Crippen LogP contribution in [-0.4, -0.2) is 40.9 Å². The molecule has 0 bridgehead atoms. The number of halogens is 2. The highest BCUT2D eigenvalue weighted by molar-refractivity contribution is 5.72. The Labute approximate surface area is 101 Å². The molecule has 1 rings (SSSR count). The van der Waals surface area contributed by atoms with Crippen LogP contribution < -0.4 is 5.32 Å². The standard InChI is InChI=1S/C9H12F2N2O5/c1-6(14)12-4-2-7-8(3-5-13(15)16)18-9(10,11)17-7/h2-3,15-16H,4-5H2,1H3,(H,12,14)/b7-2+,8-3+. The van der Waals surface area contributed by atoms with Gasteiger partial charge in [-0.1, -0.05) is 5.23 Å². The predicted octanol–water partition coefficient (Wildman–Crippen LogP) is 0.568. The van der Waals surface area contributed by atoms with Crippen molar-refractivity contribution in [2.75, 3.05) is 13.1 Å². The molecule has 0 aromatic rings. The van der Waals surface area contributed by atoms with Crippen LogP contribution in [-0.2, 0) is 14.3 Å². The van der Waals surface area contributed by atoms with Gasteiger partial charge in [-0.3, -0.25) is 15.2 Å². The van der Waals surface area contributed by atoms with Crippen molar-refractivity contribution in [3.8, 4) is 0 Å². The fourth-order valence-electron chi connectivity index (χ4n) is 1.11. The Balaban J connectivity index is 2.72. The molecule has 0 aromatic carbocycles. The third-order valence-corrected chi connectivity index (χ3v) is 1.78. The minimum Gasteiger partial charge on any atom is -0.396 e. The summed E-state index contributed by atoms with van der Waals surface area (Å²) < 4.78 is 33.9. The van der Waals surface area contributed by atoms with Crippen LogP contribution in [0.4, 0.5) is 8.78 Å². The molecule has 9 heteroatoms. The average Bonchev–Trinajstić information content (AvgIpc) is 2.50. The van der Waals surface area contributed by atoms with E-state index in [-0.39, 0.29) is 29.2 Å². The summed E-state index contributed by atoms with van der Waals surface area (Å²) in [4.78, 5) is 10.6. The first-order valence-corrected chi connectivity index (χ1v) is 4.86. The van der Waals surface area contributed by atoms with Crippen LogP contribution >= 0.6 is 0 Å². The van der Waals surface area contributed by atoms with Crippen LogP contribution in [0.25, 0.3) is 0 Å². The Bertz CT molecular complexity index is 381. The molecule has 0 aliphatic carbocycles. The summed E-state index contributed by atoms with van der Waals surface area (Å²) in [5.41, 5.74) is 0. The first-order chi connectivity index (χ1) is 8.30. The first-order valence-electron chi connectivity index (χ1n) is 4.86. The zero-order valence-corrected chi connectivity index (χ0v) is 9.39. The van der Waals surface area contributed by atoms with Gasteiger partial charge in [0.2, 0.25) is 5.91 Å². The van der Waals surface area contributed by atoms with Gasteiger partial charge in [-0.2, -0.15) is 0 Å². The molecule has 18 heavy (non-hydrogen) atoms. The van der Waals surface area contributed by atoms with E-state index in [1.54, 1.807) is 0 Å². The van der Waals surface area contributed by atoms with E-state index in [9.17, 15) is 13.6 Å². The summed E-state index contributed by atoms with van der Waals surface area (Å²) in [6.45, 7) is 0.793. The quantitative estimate of drug-likeness (QED) is 0.644. The fraction of sp³-hybridized carbons (Fsp3) is 0.444. The van der Waals surface area contributed by atoms with E-state index >= 15 is 0 Å². The molecule has 1 heterocycles.